The van der Waals surface area contributed by atoms with Crippen molar-refractivity contribution in [3.8, 4) is 0 Å². The maximum Gasteiger partial charge on any atom is 0.222 e. The van der Waals surface area contributed by atoms with Gasteiger partial charge in [0.15, 0.2) is 0 Å². The summed E-state index contributed by atoms with van der Waals surface area (Å²) in [6.07, 6.45) is 3.85. The van der Waals surface area contributed by atoms with Gasteiger partial charge in [0.2, 0.25) is 5.91 Å². The molecule has 2 rings (SSSR count). The largest absolute Gasteiger partial charge is 0.377 e. The quantitative estimate of drug-likeness (QED) is 0.595. The summed E-state index contributed by atoms with van der Waals surface area (Å²) in [6.45, 7) is 6.16. The zero-order valence-electron chi connectivity index (χ0n) is 11.6. The Labute approximate surface area is 125 Å². The molecule has 0 spiro atoms. The molecule has 0 radical (unpaired) electrons. The predicted molar refractivity (Wildman–Crippen MR) is 80.8 cm³/mol. The van der Waals surface area contributed by atoms with Gasteiger partial charge in [-0.05, 0) is 30.0 Å². The third kappa shape index (κ3) is 3.84. The second kappa shape index (κ2) is 7.46. The monoisotopic (exact) mass is 293 g/mol. The summed E-state index contributed by atoms with van der Waals surface area (Å²) in [5, 5.41) is 0.812. The van der Waals surface area contributed by atoms with Gasteiger partial charge in [-0.1, -0.05) is 29.8 Å². The van der Waals surface area contributed by atoms with E-state index < -0.39 is 0 Å². The van der Waals surface area contributed by atoms with Crippen molar-refractivity contribution >= 4 is 17.5 Å². The van der Waals surface area contributed by atoms with Gasteiger partial charge in [-0.3, -0.25) is 4.79 Å². The Morgan fingerprint density at radius 2 is 2.35 bits per heavy atom. The first-order valence-corrected chi connectivity index (χ1v) is 7.33. The lowest BCUT2D eigenvalue weighted by molar-refractivity contribution is -0.132. The van der Waals surface area contributed by atoms with E-state index >= 15 is 0 Å². The van der Waals surface area contributed by atoms with Crippen LogP contribution in [0.25, 0.3) is 0 Å². The molecule has 4 heteroatoms. The van der Waals surface area contributed by atoms with Gasteiger partial charge in [0.05, 0.1) is 6.61 Å². The van der Waals surface area contributed by atoms with Crippen LogP contribution in [-0.2, 0) is 22.5 Å². The third-order valence-corrected chi connectivity index (χ3v) is 3.83. The Hall–Kier alpha value is -1.32. The fourth-order valence-corrected chi connectivity index (χ4v) is 2.71. The molecular weight excluding hydrogens is 274 g/mol. The van der Waals surface area contributed by atoms with Gasteiger partial charge in [-0.15, -0.1) is 6.58 Å². The number of hydrogen-bond donors (Lipinski definition) is 0. The third-order valence-electron chi connectivity index (χ3n) is 3.48. The minimum atomic E-state index is 0.192. The lowest BCUT2D eigenvalue weighted by atomic mass is 9.99. The van der Waals surface area contributed by atoms with E-state index in [0.717, 1.165) is 24.4 Å². The van der Waals surface area contributed by atoms with E-state index in [9.17, 15) is 4.79 Å². The molecule has 0 unspecified atom stereocenters. The van der Waals surface area contributed by atoms with E-state index in [1.54, 1.807) is 6.08 Å². The van der Waals surface area contributed by atoms with Crippen molar-refractivity contribution in [1.82, 2.24) is 4.90 Å². The molecule has 1 aliphatic heterocycles. The Balaban J connectivity index is 1.83. The second-order valence-corrected chi connectivity index (χ2v) is 5.32. The molecule has 1 amide bonds. The lowest BCUT2D eigenvalue weighted by Gasteiger charge is -2.29. The summed E-state index contributed by atoms with van der Waals surface area (Å²) in [7, 11) is 0. The number of nitrogens with zero attached hydrogens (tertiary/aromatic N) is 1. The first kappa shape index (κ1) is 15.1. The van der Waals surface area contributed by atoms with Crippen LogP contribution in [0.3, 0.4) is 0 Å². The van der Waals surface area contributed by atoms with Crippen molar-refractivity contribution in [3.05, 3.63) is 47.0 Å². The van der Waals surface area contributed by atoms with E-state index in [4.69, 9.17) is 16.3 Å². The number of benzene rings is 1. The first-order chi connectivity index (χ1) is 9.72. The molecule has 108 valence electrons. The number of carbonyl (C=O) groups is 1. The topological polar surface area (TPSA) is 29.5 Å². The van der Waals surface area contributed by atoms with Crippen LogP contribution in [-0.4, -0.2) is 30.6 Å². The molecule has 0 saturated heterocycles. The molecule has 0 aromatic heterocycles. The van der Waals surface area contributed by atoms with Gasteiger partial charge >= 0.3 is 0 Å². The normalized spacial score (nSPS) is 13.9. The molecule has 1 aliphatic rings. The Bertz CT molecular complexity index is 487. The molecule has 1 aromatic carbocycles. The fourth-order valence-electron chi connectivity index (χ4n) is 2.43. The van der Waals surface area contributed by atoms with Crippen LogP contribution >= 0.6 is 11.6 Å². The summed E-state index contributed by atoms with van der Waals surface area (Å²) in [5.41, 5.74) is 2.35. The standard InChI is InChI=1S/C16H20ClNO2/c1-2-10-20-11-4-7-16(19)18-9-8-14-13(12-18)5-3-6-15(14)17/h2-3,5-6H,1,4,7-12H2. The molecule has 0 saturated carbocycles. The summed E-state index contributed by atoms with van der Waals surface area (Å²) in [6, 6.07) is 5.90. The van der Waals surface area contributed by atoms with Gasteiger partial charge < -0.3 is 9.64 Å². The molecule has 0 bridgehead atoms. The zero-order valence-corrected chi connectivity index (χ0v) is 12.4. The van der Waals surface area contributed by atoms with Crippen LogP contribution in [0.15, 0.2) is 30.9 Å². The molecule has 0 aliphatic carbocycles. The SMILES string of the molecule is C=CCOCCCC(=O)N1CCc2c(Cl)cccc2C1. The van der Waals surface area contributed by atoms with E-state index in [1.807, 2.05) is 23.1 Å². The predicted octanol–water partition coefficient (Wildman–Crippen LogP) is 3.21. The van der Waals surface area contributed by atoms with Crippen molar-refractivity contribution < 1.29 is 9.53 Å². The molecule has 0 atom stereocenters. The highest BCUT2D eigenvalue weighted by molar-refractivity contribution is 6.31. The van der Waals surface area contributed by atoms with Gasteiger partial charge in [-0.25, -0.2) is 0 Å². The molecule has 0 fully saturated rings. The number of hydrogen-bond acceptors (Lipinski definition) is 2. The Morgan fingerprint density at radius 1 is 1.50 bits per heavy atom. The number of halogens is 1. The average Bonchev–Trinajstić information content (AvgIpc) is 2.47. The summed E-state index contributed by atoms with van der Waals surface area (Å²) >= 11 is 6.17. The van der Waals surface area contributed by atoms with Crippen molar-refractivity contribution in [3.63, 3.8) is 0 Å². The molecule has 0 N–H and O–H groups in total. The number of ether oxygens (including phenoxy) is 1. The maximum absolute atomic E-state index is 12.1. The van der Waals surface area contributed by atoms with E-state index in [0.29, 0.717) is 26.2 Å². The van der Waals surface area contributed by atoms with Gasteiger partial charge in [-0.2, -0.15) is 0 Å². The number of amides is 1. The smallest absolute Gasteiger partial charge is 0.222 e. The molecular formula is C16H20ClNO2. The second-order valence-electron chi connectivity index (χ2n) is 4.91. The van der Waals surface area contributed by atoms with E-state index in [2.05, 4.69) is 6.58 Å². The van der Waals surface area contributed by atoms with Crippen LogP contribution in [0.4, 0.5) is 0 Å². The van der Waals surface area contributed by atoms with Crippen LogP contribution < -0.4 is 0 Å². The van der Waals surface area contributed by atoms with Crippen LogP contribution in [0.5, 0.6) is 0 Å². The molecule has 3 nitrogen and oxygen atoms in total. The first-order valence-electron chi connectivity index (χ1n) is 6.95. The van der Waals surface area contributed by atoms with Crippen LogP contribution in [0.2, 0.25) is 5.02 Å². The van der Waals surface area contributed by atoms with Gasteiger partial charge in [0.25, 0.3) is 0 Å². The highest BCUT2D eigenvalue weighted by Crippen LogP contribution is 2.26. The Morgan fingerprint density at radius 3 is 3.15 bits per heavy atom. The number of rotatable bonds is 6. The highest BCUT2D eigenvalue weighted by atomic mass is 35.5. The maximum atomic E-state index is 12.1. The number of carbonyl (C=O) groups excluding carboxylic acids is 1. The number of fused-ring (bicyclic) bond motifs is 1. The van der Waals surface area contributed by atoms with Crippen molar-refractivity contribution in [1.29, 1.82) is 0 Å². The molecule has 1 heterocycles. The minimum absolute atomic E-state index is 0.192. The van der Waals surface area contributed by atoms with Crippen molar-refractivity contribution in [2.24, 2.45) is 0 Å². The summed E-state index contributed by atoms with van der Waals surface area (Å²) < 4.78 is 5.29. The summed E-state index contributed by atoms with van der Waals surface area (Å²) in [5.74, 6) is 0.192. The molecule has 1 aromatic rings. The van der Waals surface area contributed by atoms with Gasteiger partial charge in [0.1, 0.15) is 0 Å². The fraction of sp³-hybridized carbons (Fsp3) is 0.438. The van der Waals surface area contributed by atoms with E-state index in [1.165, 1.54) is 11.1 Å². The van der Waals surface area contributed by atoms with Crippen LogP contribution in [0, 0.1) is 0 Å². The van der Waals surface area contributed by atoms with Crippen molar-refractivity contribution in [2.75, 3.05) is 19.8 Å². The highest BCUT2D eigenvalue weighted by Gasteiger charge is 2.21. The Kier molecular flexibility index (Phi) is 5.62. The summed E-state index contributed by atoms with van der Waals surface area (Å²) in [4.78, 5) is 14.1. The molecule has 20 heavy (non-hydrogen) atoms. The van der Waals surface area contributed by atoms with E-state index in [-0.39, 0.29) is 5.91 Å². The van der Waals surface area contributed by atoms with Crippen LogP contribution in [0.1, 0.15) is 24.0 Å². The minimum Gasteiger partial charge on any atom is -0.377 e. The van der Waals surface area contributed by atoms with Gasteiger partial charge in [0, 0.05) is 31.1 Å². The zero-order chi connectivity index (χ0) is 14.4. The average molecular weight is 294 g/mol. The van der Waals surface area contributed by atoms with Crippen molar-refractivity contribution in [2.45, 2.75) is 25.8 Å². The lowest BCUT2D eigenvalue weighted by Crippen LogP contribution is -2.36.